The molecule has 0 amide bonds. The average Bonchev–Trinajstić information content (AvgIpc) is 3.93. The molecule has 70 heavy (non-hydrogen) atoms. The number of imidazole rings is 1. The van der Waals surface area contributed by atoms with E-state index in [0.29, 0.717) is 11.4 Å². The van der Waals surface area contributed by atoms with Gasteiger partial charge in [-0.25, -0.2) is 0 Å². The zero-order chi connectivity index (χ0) is 50.9. The molecule has 7 heteroatoms. The molecule has 0 saturated carbocycles. The summed E-state index contributed by atoms with van der Waals surface area (Å²) in [6.45, 7) is 20.6. The van der Waals surface area contributed by atoms with Crippen LogP contribution in [-0.2, 0) is 25.5 Å². The summed E-state index contributed by atoms with van der Waals surface area (Å²) < 4.78 is 31.3. The average molecular weight is 1110 g/mol. The molecule has 0 N–H and O–H groups in total. The molecule has 0 fully saturated rings. The summed E-state index contributed by atoms with van der Waals surface area (Å²) in [5.41, 5.74) is 12.8. The van der Waals surface area contributed by atoms with Crippen LogP contribution in [0.25, 0.3) is 94.1 Å². The van der Waals surface area contributed by atoms with Crippen LogP contribution < -0.4 is 5.19 Å². The maximum absolute atomic E-state index is 7.35. The largest absolute Gasteiger partial charge is 0.501 e. The van der Waals surface area contributed by atoms with E-state index in [2.05, 4.69) is 210 Å². The van der Waals surface area contributed by atoms with Crippen LogP contribution in [-0.4, -0.2) is 27.6 Å². The second kappa shape index (κ2) is 19.0. The summed E-state index contributed by atoms with van der Waals surface area (Å²) in [6, 6.07) is 57.5. The number of furan rings is 1. The molecule has 3 aromatic heterocycles. The fourth-order valence-electron chi connectivity index (χ4n) is 9.45. The normalized spacial score (nSPS) is 12.9. The molecule has 0 unspecified atom stereocenters. The zero-order valence-corrected chi connectivity index (χ0v) is 45.0. The van der Waals surface area contributed by atoms with Crippen LogP contribution >= 0.6 is 0 Å². The van der Waals surface area contributed by atoms with Crippen LogP contribution in [0.3, 0.4) is 0 Å². The van der Waals surface area contributed by atoms with Gasteiger partial charge in [0.2, 0.25) is 0 Å². The van der Waals surface area contributed by atoms with Crippen LogP contribution in [0.15, 0.2) is 156 Å². The number of fused-ring (bicyclic) bond motifs is 7. The fourth-order valence-corrected chi connectivity index (χ4v) is 10.6. The molecule has 11 rings (SSSR count). The molecule has 0 aliphatic rings. The Balaban J connectivity index is 0.000000264. The second-order valence-electron chi connectivity index (χ2n) is 21.0. The zero-order valence-electron chi connectivity index (χ0n) is 44.6. The van der Waals surface area contributed by atoms with Gasteiger partial charge in [0.25, 0.3) is 0 Å². The summed E-state index contributed by atoms with van der Waals surface area (Å²) in [7, 11) is -1.40. The molecule has 0 saturated heterocycles. The molecule has 0 spiro atoms. The van der Waals surface area contributed by atoms with Gasteiger partial charge in [-0.05, 0) is 98.1 Å². The van der Waals surface area contributed by atoms with Crippen molar-refractivity contribution in [1.82, 2.24) is 19.5 Å². The van der Waals surface area contributed by atoms with E-state index < -0.39 is 14.9 Å². The van der Waals surface area contributed by atoms with Gasteiger partial charge in [0, 0.05) is 52.6 Å². The van der Waals surface area contributed by atoms with Gasteiger partial charge in [0.15, 0.2) is 0 Å². The number of aromatic nitrogens is 4. The number of rotatable bonds is 7. The monoisotopic (exact) mass is 1110 g/mol. The van der Waals surface area contributed by atoms with Crippen molar-refractivity contribution in [2.75, 3.05) is 0 Å². The quantitative estimate of drug-likeness (QED) is 0.0906. The summed E-state index contributed by atoms with van der Waals surface area (Å²) in [6.07, 6.45) is 1.72. The van der Waals surface area contributed by atoms with E-state index in [-0.39, 0.29) is 42.9 Å². The number of hydrogen-bond donors (Lipinski definition) is 0. The Labute approximate surface area is 431 Å². The van der Waals surface area contributed by atoms with Gasteiger partial charge in [0.1, 0.15) is 5.58 Å². The second-order valence-corrected chi connectivity index (χ2v) is 26.0. The smallest absolute Gasteiger partial charge is 0.121 e. The van der Waals surface area contributed by atoms with Crippen molar-refractivity contribution in [1.29, 1.82) is 0 Å². The fraction of sp³-hybridized carbons (Fsp3) is 0.222. The van der Waals surface area contributed by atoms with Gasteiger partial charge >= 0.3 is 0 Å². The number of aryl methyl sites for hydroxylation is 1. The Bertz CT molecular complexity index is 3790. The van der Waals surface area contributed by atoms with E-state index in [1.165, 1.54) is 60.7 Å². The number of para-hydroxylation sites is 2. The van der Waals surface area contributed by atoms with Gasteiger partial charge in [-0.2, -0.15) is 0 Å². The number of nitrogens with zero attached hydrogens (tertiary/aromatic N) is 4. The summed E-state index contributed by atoms with van der Waals surface area (Å²) in [5.74, 6) is 1.96. The van der Waals surface area contributed by atoms with Gasteiger partial charge in [-0.1, -0.05) is 164 Å². The SMILES string of the molecule is CC(C)c1cc(-c2ccc([Si](C)(C)C)cc2)cc(C(C)C)c1-n1c(-c2[c-]ccc3c2oc2cc4c(ccc5ccccc54)cc23)nc2ccccc21.[2H]C([2H])([2H])c1c[c-]c(-c2nccc(C(C)(C)C)n2)cc1.[Ir]. The topological polar surface area (TPSA) is 56.7 Å². The minimum Gasteiger partial charge on any atom is -0.501 e. The molecule has 0 bridgehead atoms. The molecule has 0 aliphatic heterocycles. The van der Waals surface area contributed by atoms with E-state index in [1.54, 1.807) is 18.3 Å². The molecular weight excluding hydrogens is 1050 g/mol. The Hall–Kier alpha value is -6.50. The molecule has 0 atom stereocenters. The summed E-state index contributed by atoms with van der Waals surface area (Å²) in [4.78, 5) is 14.1. The van der Waals surface area contributed by atoms with E-state index in [1.807, 2.05) is 12.1 Å². The van der Waals surface area contributed by atoms with E-state index in [9.17, 15) is 0 Å². The third-order valence-corrected chi connectivity index (χ3v) is 15.3. The van der Waals surface area contributed by atoms with Crippen molar-refractivity contribution in [3.63, 3.8) is 0 Å². The van der Waals surface area contributed by atoms with Crippen LogP contribution in [0.2, 0.25) is 19.6 Å². The van der Waals surface area contributed by atoms with E-state index in [0.717, 1.165) is 50.1 Å². The summed E-state index contributed by atoms with van der Waals surface area (Å²) >= 11 is 0. The van der Waals surface area contributed by atoms with Crippen molar-refractivity contribution in [3.8, 4) is 39.6 Å². The van der Waals surface area contributed by atoms with Crippen molar-refractivity contribution in [3.05, 3.63) is 186 Å². The van der Waals surface area contributed by atoms with Crippen LogP contribution in [0, 0.1) is 19.0 Å². The van der Waals surface area contributed by atoms with Gasteiger partial charge in [-0.3, -0.25) is 15.0 Å². The van der Waals surface area contributed by atoms with Crippen molar-refractivity contribution >= 4 is 67.8 Å². The van der Waals surface area contributed by atoms with Gasteiger partial charge in [0.05, 0.1) is 36.3 Å². The number of benzene rings is 8. The first kappa shape index (κ1) is 44.7. The molecular formula is C63H60IrN4OSi-2. The van der Waals surface area contributed by atoms with E-state index in [4.69, 9.17) is 13.5 Å². The molecule has 11 aromatic rings. The maximum atomic E-state index is 7.35. The molecule has 1 radical (unpaired) electrons. The Morgan fingerprint density at radius 2 is 1.39 bits per heavy atom. The van der Waals surface area contributed by atoms with E-state index >= 15 is 0 Å². The Morgan fingerprint density at radius 3 is 2.07 bits per heavy atom. The summed E-state index contributed by atoms with van der Waals surface area (Å²) in [5, 5.41) is 8.51. The first-order valence-electron chi connectivity index (χ1n) is 25.6. The minimum absolute atomic E-state index is 0. The first-order chi connectivity index (χ1) is 34.2. The predicted octanol–water partition coefficient (Wildman–Crippen LogP) is 16.7. The van der Waals surface area contributed by atoms with Gasteiger partial charge < -0.3 is 8.98 Å². The third kappa shape index (κ3) is 9.19. The van der Waals surface area contributed by atoms with Crippen molar-refractivity contribution < 1.29 is 28.6 Å². The number of hydrogen-bond acceptors (Lipinski definition) is 4. The van der Waals surface area contributed by atoms with Crippen LogP contribution in [0.4, 0.5) is 0 Å². The van der Waals surface area contributed by atoms with Gasteiger partial charge in [-0.15, -0.1) is 53.6 Å². The minimum atomic E-state index is -2.11. The Kier molecular flexibility index (Phi) is 12.1. The van der Waals surface area contributed by atoms with Crippen LogP contribution in [0.1, 0.15) is 86.8 Å². The third-order valence-electron chi connectivity index (χ3n) is 13.3. The van der Waals surface area contributed by atoms with Crippen LogP contribution in [0.5, 0.6) is 0 Å². The molecule has 353 valence electrons. The molecule has 0 aliphatic carbocycles. The van der Waals surface area contributed by atoms with Crippen molar-refractivity contribution in [2.45, 2.75) is 92.2 Å². The van der Waals surface area contributed by atoms with Crippen molar-refractivity contribution in [2.24, 2.45) is 0 Å². The Morgan fingerprint density at radius 1 is 0.671 bits per heavy atom. The maximum Gasteiger partial charge on any atom is 0.121 e. The first-order valence-corrected chi connectivity index (χ1v) is 27.6. The molecule has 8 aromatic carbocycles. The molecule has 5 nitrogen and oxygen atoms in total. The predicted molar refractivity (Wildman–Crippen MR) is 294 cm³/mol. The molecule has 3 heterocycles. The standard InChI is InChI=1S/C48H43N2OSi.C15H17N2.Ir/c1-29(2)39-26-34(31-21-23-35(24-22-31)52(5,6)7)27-40(30(3)4)46(39)50-44-18-11-10-17-43(44)49-48(50)38-16-12-15-37-42-25-33-20-19-32-13-8-9-14-36(32)41(33)28-45(42)51-47(37)38;1-11-5-7-12(8-6-11)14-16-10-9-13(17-14)15(2,3)4;/h8-15,17-30H,1-7H3;5-7,9-10H,1-4H3;/q2*-1;/i;1D3;.